The zero-order valence-corrected chi connectivity index (χ0v) is 28.1. The zero-order chi connectivity index (χ0) is 32.4. The van der Waals surface area contributed by atoms with Crippen molar-refractivity contribution in [1.29, 1.82) is 0 Å². The van der Waals surface area contributed by atoms with Gasteiger partial charge >= 0.3 is 0 Å². The maximum Gasteiger partial charge on any atom is 0.0540 e. The predicted molar refractivity (Wildman–Crippen MR) is 204 cm³/mol. The van der Waals surface area contributed by atoms with Gasteiger partial charge in [0.05, 0.1) is 11.4 Å². The van der Waals surface area contributed by atoms with Gasteiger partial charge in [-0.3, -0.25) is 0 Å². The van der Waals surface area contributed by atoms with Crippen LogP contribution in [0.15, 0.2) is 127 Å². The Morgan fingerprint density at radius 2 is 1.02 bits per heavy atom. The number of rotatable bonds is 5. The summed E-state index contributed by atoms with van der Waals surface area (Å²) in [4.78, 5) is 2.53. The number of hydrogen-bond donors (Lipinski definition) is 0. The van der Waals surface area contributed by atoms with E-state index in [1.54, 1.807) is 0 Å². The first kappa shape index (κ1) is 29.0. The Balaban J connectivity index is 1.51. The minimum Gasteiger partial charge on any atom is -0.309 e. The van der Waals surface area contributed by atoms with Crippen LogP contribution in [0.3, 0.4) is 0 Å². The van der Waals surface area contributed by atoms with E-state index in [0.29, 0.717) is 0 Å². The smallest absolute Gasteiger partial charge is 0.0540 e. The molecule has 0 spiro atoms. The fraction of sp³-hybridized carbons (Fsp3) is 0.130. The number of benzene rings is 8. The fourth-order valence-corrected chi connectivity index (χ4v) is 7.98. The normalized spacial score (nSPS) is 11.6. The molecule has 0 fully saturated rings. The predicted octanol–water partition coefficient (Wildman–Crippen LogP) is 13.2. The summed E-state index contributed by atoms with van der Waals surface area (Å²) in [7, 11) is 0. The summed E-state index contributed by atoms with van der Waals surface area (Å²) < 4.78 is 0. The van der Waals surface area contributed by atoms with Crippen LogP contribution < -0.4 is 4.90 Å². The third kappa shape index (κ3) is 4.69. The minimum absolute atomic E-state index is 1.19. The van der Waals surface area contributed by atoms with Gasteiger partial charge in [-0.2, -0.15) is 0 Å². The third-order valence-corrected chi connectivity index (χ3v) is 10.1. The molecule has 0 amide bonds. The second kappa shape index (κ2) is 11.1. The first-order valence-corrected chi connectivity index (χ1v) is 16.6. The molecule has 0 heterocycles. The first-order valence-electron chi connectivity index (χ1n) is 16.6. The molecule has 0 saturated carbocycles. The van der Waals surface area contributed by atoms with Crippen molar-refractivity contribution in [3.8, 4) is 22.3 Å². The Morgan fingerprint density at radius 3 is 1.72 bits per heavy atom. The van der Waals surface area contributed by atoms with Crippen molar-refractivity contribution in [1.82, 2.24) is 0 Å². The summed E-state index contributed by atoms with van der Waals surface area (Å²) in [5.41, 5.74) is 16.4. The summed E-state index contributed by atoms with van der Waals surface area (Å²) >= 11 is 0. The molecule has 0 unspecified atom stereocenters. The highest BCUT2D eigenvalue weighted by Gasteiger charge is 2.24. The van der Waals surface area contributed by atoms with Gasteiger partial charge in [0.25, 0.3) is 0 Å². The second-order valence-electron chi connectivity index (χ2n) is 13.3. The van der Waals surface area contributed by atoms with Crippen LogP contribution in [0.1, 0.15) is 33.4 Å². The van der Waals surface area contributed by atoms with E-state index in [1.807, 2.05) is 0 Å². The van der Waals surface area contributed by atoms with Crippen molar-refractivity contribution in [2.75, 3.05) is 4.90 Å². The Kier molecular flexibility index (Phi) is 6.88. The van der Waals surface area contributed by atoms with Crippen molar-refractivity contribution in [3.63, 3.8) is 0 Å². The molecule has 228 valence electrons. The van der Waals surface area contributed by atoms with Crippen molar-refractivity contribution >= 4 is 49.4 Å². The third-order valence-electron chi connectivity index (χ3n) is 10.1. The van der Waals surface area contributed by atoms with Gasteiger partial charge in [0.2, 0.25) is 0 Å². The SMILES string of the molecule is Cc1cc(C)c(-c2cc(-c3ccccc3C)c(C)c(N(c3ccccc3C)c3ccc4ccc5cccc6ccc3c4c56)c2)c(C)c1. The minimum atomic E-state index is 1.19. The molecule has 8 aromatic carbocycles. The number of hydrogen-bond acceptors (Lipinski definition) is 1. The van der Waals surface area contributed by atoms with Gasteiger partial charge in [-0.25, -0.2) is 0 Å². The maximum atomic E-state index is 2.53. The van der Waals surface area contributed by atoms with E-state index in [0.717, 1.165) is 0 Å². The van der Waals surface area contributed by atoms with Gasteiger partial charge in [-0.1, -0.05) is 109 Å². The lowest BCUT2D eigenvalue weighted by molar-refractivity contribution is 1.23. The number of anilines is 3. The number of para-hydroxylation sites is 1. The monoisotopic (exact) mass is 605 g/mol. The van der Waals surface area contributed by atoms with E-state index in [4.69, 9.17) is 0 Å². The van der Waals surface area contributed by atoms with Gasteiger partial charge < -0.3 is 4.90 Å². The summed E-state index contributed by atoms with van der Waals surface area (Å²) in [5.74, 6) is 0. The quantitative estimate of drug-likeness (QED) is 0.176. The molecule has 8 rings (SSSR count). The topological polar surface area (TPSA) is 3.24 Å². The summed E-state index contributed by atoms with van der Waals surface area (Å²) in [6, 6.07) is 47.5. The average molecular weight is 606 g/mol. The molecule has 0 saturated heterocycles. The summed E-state index contributed by atoms with van der Waals surface area (Å²) in [6.07, 6.45) is 0. The Labute approximate surface area is 278 Å². The van der Waals surface area contributed by atoms with Crippen LogP contribution >= 0.6 is 0 Å². The van der Waals surface area contributed by atoms with Crippen molar-refractivity contribution in [2.24, 2.45) is 0 Å². The lowest BCUT2D eigenvalue weighted by Gasteiger charge is -2.32. The Morgan fingerprint density at radius 1 is 0.404 bits per heavy atom. The second-order valence-corrected chi connectivity index (χ2v) is 13.3. The van der Waals surface area contributed by atoms with E-state index in [-0.39, 0.29) is 0 Å². The van der Waals surface area contributed by atoms with Gasteiger partial charge in [0, 0.05) is 11.1 Å². The molecular formula is C46H39N. The lowest BCUT2D eigenvalue weighted by atomic mass is 9.87. The average Bonchev–Trinajstić information content (AvgIpc) is 3.06. The van der Waals surface area contributed by atoms with E-state index in [1.165, 1.54) is 105 Å². The summed E-state index contributed by atoms with van der Waals surface area (Å²) in [5, 5.41) is 7.77. The fourth-order valence-electron chi connectivity index (χ4n) is 7.98. The van der Waals surface area contributed by atoms with E-state index >= 15 is 0 Å². The number of nitrogens with zero attached hydrogens (tertiary/aromatic N) is 1. The molecule has 0 N–H and O–H groups in total. The van der Waals surface area contributed by atoms with Crippen molar-refractivity contribution in [2.45, 2.75) is 41.5 Å². The molecule has 47 heavy (non-hydrogen) atoms. The Bertz CT molecular complexity index is 2440. The highest BCUT2D eigenvalue weighted by atomic mass is 15.1. The largest absolute Gasteiger partial charge is 0.309 e. The molecule has 0 aromatic heterocycles. The van der Waals surface area contributed by atoms with E-state index in [9.17, 15) is 0 Å². The van der Waals surface area contributed by atoms with Gasteiger partial charge in [0.15, 0.2) is 0 Å². The highest BCUT2D eigenvalue weighted by molar-refractivity contribution is 6.25. The molecular weight excluding hydrogens is 567 g/mol. The molecule has 1 nitrogen and oxygen atoms in total. The zero-order valence-electron chi connectivity index (χ0n) is 28.1. The van der Waals surface area contributed by atoms with Crippen LogP contribution in [-0.4, -0.2) is 0 Å². The van der Waals surface area contributed by atoms with E-state index < -0.39 is 0 Å². The first-order chi connectivity index (χ1) is 22.8. The number of aryl methyl sites for hydroxylation is 5. The lowest BCUT2D eigenvalue weighted by Crippen LogP contribution is -2.14. The molecule has 0 bridgehead atoms. The van der Waals surface area contributed by atoms with Crippen LogP contribution in [0.5, 0.6) is 0 Å². The molecule has 0 radical (unpaired) electrons. The van der Waals surface area contributed by atoms with Crippen molar-refractivity contribution < 1.29 is 0 Å². The van der Waals surface area contributed by atoms with Gasteiger partial charge in [0.1, 0.15) is 0 Å². The maximum absolute atomic E-state index is 2.53. The van der Waals surface area contributed by atoms with Crippen LogP contribution in [0.2, 0.25) is 0 Å². The van der Waals surface area contributed by atoms with Crippen LogP contribution in [-0.2, 0) is 0 Å². The standard InChI is InChI=1S/C46H39N/c1-28-24-31(4)44(32(5)25-28)37-26-40(38-16-9-7-12-29(38)2)33(6)43(27-37)47(41-17-10-8-13-30(41)3)42-23-21-36-19-18-34-14-11-15-35-20-22-39(42)46(36)45(34)35/h7-27H,1-6H3. The highest BCUT2D eigenvalue weighted by Crippen LogP contribution is 2.48. The molecule has 8 aromatic rings. The Hall–Kier alpha value is -5.40. The molecule has 0 aliphatic rings. The molecule has 0 atom stereocenters. The van der Waals surface area contributed by atoms with Crippen LogP contribution in [0, 0.1) is 41.5 Å². The van der Waals surface area contributed by atoms with Crippen molar-refractivity contribution in [3.05, 3.63) is 161 Å². The molecule has 1 heteroatoms. The van der Waals surface area contributed by atoms with Gasteiger partial charge in [-0.05, 0) is 143 Å². The van der Waals surface area contributed by atoms with Crippen LogP contribution in [0.4, 0.5) is 17.1 Å². The van der Waals surface area contributed by atoms with E-state index in [2.05, 4.69) is 174 Å². The van der Waals surface area contributed by atoms with Gasteiger partial charge in [-0.15, -0.1) is 0 Å². The van der Waals surface area contributed by atoms with Crippen LogP contribution in [0.25, 0.3) is 54.6 Å². The molecule has 0 aliphatic heterocycles. The molecule has 0 aliphatic carbocycles. The summed E-state index contributed by atoms with van der Waals surface area (Å²) in [6.45, 7) is 13.5.